The normalized spacial score (nSPS) is 10.5. The van der Waals surface area contributed by atoms with Crippen LogP contribution >= 0.6 is 0 Å². The van der Waals surface area contributed by atoms with Crippen molar-refractivity contribution >= 4 is 23.3 Å². The van der Waals surface area contributed by atoms with Crippen molar-refractivity contribution in [1.82, 2.24) is 0 Å². The van der Waals surface area contributed by atoms with Crippen LogP contribution in [-0.2, 0) is 22.4 Å². The molecule has 0 atom stereocenters. The maximum absolute atomic E-state index is 13.1. The van der Waals surface area contributed by atoms with Crippen LogP contribution in [0.4, 0.5) is 5.69 Å². The quantitative estimate of drug-likeness (QED) is 0.223. The van der Waals surface area contributed by atoms with Gasteiger partial charge in [-0.3, -0.25) is 9.59 Å². The Morgan fingerprint density at radius 3 is 1.67 bits per heavy atom. The molecule has 0 N–H and O–H groups in total. The highest BCUT2D eigenvalue weighted by atomic mass is 16.6. The minimum Gasteiger partial charge on any atom is -0.468 e. The van der Waals surface area contributed by atoms with Gasteiger partial charge in [-0.05, 0) is 35.9 Å². The Morgan fingerprint density at radius 2 is 1.27 bits per heavy atom. The van der Waals surface area contributed by atoms with Crippen molar-refractivity contribution in [2.45, 2.75) is 25.7 Å². The van der Waals surface area contributed by atoms with E-state index in [1.165, 1.54) is 14.2 Å². The van der Waals surface area contributed by atoms with Crippen molar-refractivity contribution in [2.75, 3.05) is 33.2 Å². The number of benzene rings is 1. The summed E-state index contributed by atoms with van der Waals surface area (Å²) in [6.07, 6.45) is 2.72. The number of methoxy groups -OCH3 is 2. The molecule has 0 amide bonds. The lowest BCUT2D eigenvalue weighted by atomic mass is 9.96. The first-order valence-electron chi connectivity index (χ1n) is 10.7. The van der Waals surface area contributed by atoms with Crippen LogP contribution < -0.4 is 14.4 Å². The maximum Gasteiger partial charge on any atom is 0.284 e. The van der Waals surface area contributed by atoms with E-state index in [1.807, 2.05) is 43.3 Å². The molecule has 174 valence electrons. The van der Waals surface area contributed by atoms with Gasteiger partial charge in [0.25, 0.3) is 11.9 Å². The highest BCUT2D eigenvalue weighted by molar-refractivity contribution is 6.23. The summed E-state index contributed by atoms with van der Waals surface area (Å²) in [4.78, 5) is 28.1. The van der Waals surface area contributed by atoms with Crippen LogP contribution in [0.1, 0.15) is 29.9 Å². The third-order valence-electron chi connectivity index (χ3n) is 5.19. The third kappa shape index (κ3) is 6.62. The van der Waals surface area contributed by atoms with E-state index in [0.717, 1.165) is 11.3 Å². The average molecular weight is 452 g/mol. The number of furan rings is 2. The van der Waals surface area contributed by atoms with Crippen LogP contribution in [0.5, 0.6) is 11.9 Å². The number of allylic oxidation sites excluding steroid dienone is 1. The average Bonchev–Trinajstić information content (AvgIpc) is 3.49. The lowest BCUT2D eigenvalue weighted by Crippen LogP contribution is -2.14. The summed E-state index contributed by atoms with van der Waals surface area (Å²) < 4.78 is 21.1. The number of rotatable bonds is 12. The number of carbonyl (C=O) groups is 2. The van der Waals surface area contributed by atoms with Crippen molar-refractivity contribution in [1.29, 1.82) is 0 Å². The molecule has 0 aliphatic heterocycles. The zero-order valence-electron chi connectivity index (χ0n) is 19.4. The molecule has 33 heavy (non-hydrogen) atoms. The van der Waals surface area contributed by atoms with Gasteiger partial charge in [0.1, 0.15) is 11.5 Å². The molecule has 7 heteroatoms. The molecule has 7 nitrogen and oxygen atoms in total. The Hall–Kier alpha value is -3.74. The summed E-state index contributed by atoms with van der Waals surface area (Å²) in [5.74, 6) is 1.57. The third-order valence-corrected chi connectivity index (χ3v) is 5.19. The molecule has 2 heterocycles. The number of anilines is 1. The van der Waals surface area contributed by atoms with E-state index in [-0.39, 0.29) is 30.0 Å². The number of nitrogens with zero attached hydrogens (tertiary/aromatic N) is 1. The molecular formula is C26H29NO6. The number of hydrogen-bond acceptors (Lipinski definition) is 7. The second kappa shape index (κ2) is 11.2. The number of ketones is 2. The summed E-state index contributed by atoms with van der Waals surface area (Å²) in [7, 11) is 6.94. The van der Waals surface area contributed by atoms with Crippen molar-refractivity contribution < 1.29 is 27.9 Å². The Morgan fingerprint density at radius 1 is 0.788 bits per heavy atom. The zero-order chi connectivity index (χ0) is 23.8. The highest BCUT2D eigenvalue weighted by Gasteiger charge is 2.19. The Bertz CT molecular complexity index is 1040. The Kier molecular flexibility index (Phi) is 8.13. The van der Waals surface area contributed by atoms with Crippen LogP contribution in [-0.4, -0.2) is 39.9 Å². The van der Waals surface area contributed by atoms with Gasteiger partial charge in [-0.1, -0.05) is 12.1 Å². The molecule has 0 aliphatic rings. The van der Waals surface area contributed by atoms with Crippen LogP contribution in [0.15, 0.2) is 62.9 Å². The smallest absolute Gasteiger partial charge is 0.284 e. The Labute approximate surface area is 193 Å². The molecule has 1 aromatic carbocycles. The molecule has 0 aliphatic carbocycles. The summed E-state index contributed by atoms with van der Waals surface area (Å²) in [6.45, 7) is 0. The van der Waals surface area contributed by atoms with E-state index in [4.69, 9.17) is 18.3 Å². The van der Waals surface area contributed by atoms with Crippen molar-refractivity contribution in [3.63, 3.8) is 0 Å². The molecule has 2 aromatic heterocycles. The van der Waals surface area contributed by atoms with Crippen molar-refractivity contribution in [3.8, 4) is 11.9 Å². The minimum atomic E-state index is -0.232. The molecular weight excluding hydrogens is 422 g/mol. The van der Waals surface area contributed by atoms with Crippen LogP contribution in [0.25, 0.3) is 6.08 Å². The van der Waals surface area contributed by atoms with Gasteiger partial charge in [0.2, 0.25) is 0 Å². The van der Waals surface area contributed by atoms with E-state index in [1.54, 1.807) is 30.3 Å². The lowest BCUT2D eigenvalue weighted by molar-refractivity contribution is -0.121. The number of carbonyl (C=O) groups excluding carboxylic acids is 2. The molecule has 0 saturated carbocycles. The number of ether oxygens (including phenoxy) is 2. The van der Waals surface area contributed by atoms with Gasteiger partial charge in [0, 0.05) is 57.6 Å². The lowest BCUT2D eigenvalue weighted by Gasteiger charge is -2.12. The van der Waals surface area contributed by atoms with E-state index in [0.29, 0.717) is 36.3 Å². The summed E-state index contributed by atoms with van der Waals surface area (Å²) in [5, 5.41) is 0. The van der Waals surface area contributed by atoms with E-state index in [2.05, 4.69) is 0 Å². The van der Waals surface area contributed by atoms with Gasteiger partial charge in [-0.25, -0.2) is 0 Å². The van der Waals surface area contributed by atoms with E-state index >= 15 is 0 Å². The monoisotopic (exact) mass is 451 g/mol. The standard InChI is InChI=1S/C26H29NO6/c1-27(2)19-7-5-18(6-8-19)17-22(23(28)13-9-20-11-15-25(30-3)32-20)24(29)14-10-21-12-16-26(31-4)33-21/h5-8,11-12,15-17H,9-10,13-14H2,1-4H3. The predicted molar refractivity (Wildman–Crippen MR) is 126 cm³/mol. The second-order valence-electron chi connectivity index (χ2n) is 7.74. The first-order valence-corrected chi connectivity index (χ1v) is 10.7. The molecule has 0 fully saturated rings. The maximum atomic E-state index is 13.1. The van der Waals surface area contributed by atoms with Gasteiger partial charge < -0.3 is 23.2 Å². The van der Waals surface area contributed by atoms with Gasteiger partial charge in [0.15, 0.2) is 11.6 Å². The summed E-state index contributed by atoms with van der Waals surface area (Å²) in [5.41, 5.74) is 1.99. The Balaban J connectivity index is 1.76. The molecule has 0 saturated heterocycles. The number of hydrogen-bond donors (Lipinski definition) is 0. The van der Waals surface area contributed by atoms with Crippen LogP contribution in [0, 0.1) is 0 Å². The van der Waals surface area contributed by atoms with Crippen LogP contribution in [0.3, 0.4) is 0 Å². The molecule has 0 unspecified atom stereocenters. The molecule has 0 bridgehead atoms. The topological polar surface area (TPSA) is 82.1 Å². The fraction of sp³-hybridized carbons (Fsp3) is 0.308. The fourth-order valence-electron chi connectivity index (χ4n) is 3.30. The SMILES string of the molecule is COc1ccc(CCC(=O)C(=Cc2ccc(N(C)C)cc2)C(=O)CCc2ccc(OC)o2)o1. The van der Waals surface area contributed by atoms with Gasteiger partial charge in [-0.15, -0.1) is 0 Å². The molecule has 3 rings (SSSR count). The van der Waals surface area contributed by atoms with E-state index < -0.39 is 0 Å². The molecule has 0 spiro atoms. The van der Waals surface area contributed by atoms with Crippen LogP contribution in [0.2, 0.25) is 0 Å². The second-order valence-corrected chi connectivity index (χ2v) is 7.74. The minimum absolute atomic E-state index is 0.151. The first kappa shape index (κ1) is 23.9. The molecule has 0 radical (unpaired) electrons. The number of aryl methyl sites for hydroxylation is 2. The molecule has 3 aromatic rings. The largest absolute Gasteiger partial charge is 0.468 e. The number of Topliss-reactive ketones (excluding diaryl/α,β-unsaturated/α-hetero) is 2. The fourth-order valence-corrected chi connectivity index (χ4v) is 3.30. The first-order chi connectivity index (χ1) is 15.9. The van der Waals surface area contributed by atoms with Gasteiger partial charge in [-0.2, -0.15) is 0 Å². The zero-order valence-corrected chi connectivity index (χ0v) is 19.4. The van der Waals surface area contributed by atoms with Gasteiger partial charge >= 0.3 is 0 Å². The van der Waals surface area contributed by atoms with Gasteiger partial charge in [0.05, 0.1) is 19.8 Å². The highest BCUT2D eigenvalue weighted by Crippen LogP contribution is 2.21. The predicted octanol–water partition coefficient (Wildman–Crippen LogP) is 4.74. The summed E-state index contributed by atoms with van der Waals surface area (Å²) in [6, 6.07) is 14.6. The van der Waals surface area contributed by atoms with Crippen molar-refractivity contribution in [3.05, 3.63) is 71.2 Å². The van der Waals surface area contributed by atoms with Crippen molar-refractivity contribution in [2.24, 2.45) is 0 Å². The van der Waals surface area contributed by atoms with E-state index in [9.17, 15) is 9.59 Å². The summed E-state index contributed by atoms with van der Waals surface area (Å²) >= 11 is 0.